The Kier molecular flexibility index (Phi) is 8.04. The van der Waals surface area contributed by atoms with Crippen molar-refractivity contribution in [2.24, 2.45) is 0 Å². The van der Waals surface area contributed by atoms with Crippen LogP contribution in [0, 0.1) is 0 Å². The summed E-state index contributed by atoms with van der Waals surface area (Å²) in [7, 11) is 3.96. The third-order valence-electron chi connectivity index (χ3n) is 3.78. The lowest BCUT2D eigenvalue weighted by molar-refractivity contribution is -0.117. The molecule has 0 aromatic heterocycles. The van der Waals surface area contributed by atoms with E-state index in [4.69, 9.17) is 11.6 Å². The summed E-state index contributed by atoms with van der Waals surface area (Å²) in [5.41, 5.74) is 1.45. The molecule has 0 heterocycles. The first-order valence-electron chi connectivity index (χ1n) is 8.72. The molecule has 0 fully saturated rings. The minimum Gasteiger partial charge on any atom is -0.351 e. The molecule has 0 unspecified atom stereocenters. The van der Waals surface area contributed by atoms with Gasteiger partial charge < -0.3 is 15.5 Å². The van der Waals surface area contributed by atoms with Crippen LogP contribution in [-0.2, 0) is 4.79 Å². The maximum absolute atomic E-state index is 12.6. The van der Waals surface area contributed by atoms with Gasteiger partial charge in [0.05, 0.1) is 0 Å². The zero-order valence-corrected chi connectivity index (χ0v) is 16.3. The molecule has 2 amide bonds. The monoisotopic (exact) mass is 385 g/mol. The van der Waals surface area contributed by atoms with Crippen molar-refractivity contribution in [2.45, 2.75) is 6.42 Å². The molecule has 6 heteroatoms. The van der Waals surface area contributed by atoms with E-state index in [9.17, 15) is 9.59 Å². The predicted molar refractivity (Wildman–Crippen MR) is 110 cm³/mol. The molecule has 5 nitrogen and oxygen atoms in total. The van der Waals surface area contributed by atoms with E-state index in [1.165, 1.54) is 0 Å². The van der Waals surface area contributed by atoms with E-state index >= 15 is 0 Å². The Morgan fingerprint density at radius 2 is 1.70 bits per heavy atom. The Morgan fingerprint density at radius 1 is 1.04 bits per heavy atom. The number of carbonyl (C=O) groups is 2. The van der Waals surface area contributed by atoms with E-state index in [0.29, 0.717) is 17.1 Å². The maximum atomic E-state index is 12.6. The zero-order chi connectivity index (χ0) is 19.6. The van der Waals surface area contributed by atoms with Crippen LogP contribution in [0.1, 0.15) is 22.3 Å². The van der Waals surface area contributed by atoms with Crippen molar-refractivity contribution >= 4 is 29.5 Å². The molecule has 2 aromatic rings. The molecule has 2 aromatic carbocycles. The first kappa shape index (κ1) is 20.7. The normalized spacial score (nSPS) is 11.3. The first-order valence-corrected chi connectivity index (χ1v) is 9.10. The number of hydrogen-bond donors (Lipinski definition) is 2. The summed E-state index contributed by atoms with van der Waals surface area (Å²) in [6.07, 6.45) is 2.46. The standard InChI is InChI=1S/C21H24ClN3O2/c1-25(2)14-6-13-23-21(27)19(15-16-9-11-18(22)12-10-16)24-20(26)17-7-4-3-5-8-17/h3-5,7-12,15H,6,13-14H2,1-2H3,(H,23,27)(H,24,26)/b19-15+. The smallest absolute Gasteiger partial charge is 0.267 e. The number of carbonyl (C=O) groups excluding carboxylic acids is 2. The second kappa shape index (κ2) is 10.5. The van der Waals surface area contributed by atoms with Gasteiger partial charge >= 0.3 is 0 Å². The lowest BCUT2D eigenvalue weighted by Crippen LogP contribution is -2.36. The fourth-order valence-electron chi connectivity index (χ4n) is 2.36. The van der Waals surface area contributed by atoms with E-state index in [2.05, 4.69) is 10.6 Å². The van der Waals surface area contributed by atoms with Crippen LogP contribution in [0.5, 0.6) is 0 Å². The summed E-state index contributed by atoms with van der Waals surface area (Å²) >= 11 is 5.91. The molecule has 0 atom stereocenters. The number of halogens is 1. The SMILES string of the molecule is CN(C)CCCNC(=O)/C(=C\c1ccc(Cl)cc1)NC(=O)c1ccccc1. The summed E-state index contributed by atoms with van der Waals surface area (Å²) in [4.78, 5) is 27.1. The molecule has 0 aliphatic heterocycles. The highest BCUT2D eigenvalue weighted by atomic mass is 35.5. The maximum Gasteiger partial charge on any atom is 0.267 e. The number of rotatable bonds is 8. The van der Waals surface area contributed by atoms with Gasteiger partial charge in [-0.15, -0.1) is 0 Å². The minimum absolute atomic E-state index is 0.191. The molecule has 142 valence electrons. The summed E-state index contributed by atoms with van der Waals surface area (Å²) in [6, 6.07) is 15.8. The number of amides is 2. The van der Waals surface area contributed by atoms with Crippen molar-refractivity contribution in [2.75, 3.05) is 27.2 Å². The Hall–Kier alpha value is -2.63. The summed E-state index contributed by atoms with van der Waals surface area (Å²) in [5.74, 6) is -0.660. The molecule has 0 saturated carbocycles. The van der Waals surface area contributed by atoms with Crippen molar-refractivity contribution in [1.29, 1.82) is 0 Å². The fourth-order valence-corrected chi connectivity index (χ4v) is 2.49. The van der Waals surface area contributed by atoms with Crippen LogP contribution >= 0.6 is 11.6 Å². The highest BCUT2D eigenvalue weighted by molar-refractivity contribution is 6.30. The van der Waals surface area contributed by atoms with Gasteiger partial charge in [-0.05, 0) is 63.0 Å². The molecule has 0 saturated heterocycles. The summed E-state index contributed by atoms with van der Waals surface area (Å²) in [5, 5.41) is 6.17. The van der Waals surface area contributed by atoms with Gasteiger partial charge in [0, 0.05) is 17.1 Å². The summed E-state index contributed by atoms with van der Waals surface area (Å²) < 4.78 is 0. The van der Waals surface area contributed by atoms with Crippen LogP contribution in [0.4, 0.5) is 0 Å². The Labute approximate surface area is 165 Å². The molecule has 2 rings (SSSR count). The van der Waals surface area contributed by atoms with Crippen molar-refractivity contribution < 1.29 is 9.59 Å². The topological polar surface area (TPSA) is 61.4 Å². The fraction of sp³-hybridized carbons (Fsp3) is 0.238. The number of nitrogens with one attached hydrogen (secondary N) is 2. The van der Waals surface area contributed by atoms with Gasteiger partial charge in [-0.25, -0.2) is 0 Å². The van der Waals surface area contributed by atoms with Crippen LogP contribution in [-0.4, -0.2) is 43.9 Å². The lowest BCUT2D eigenvalue weighted by atomic mass is 10.1. The van der Waals surface area contributed by atoms with Gasteiger partial charge in [-0.1, -0.05) is 41.9 Å². The highest BCUT2D eigenvalue weighted by Gasteiger charge is 2.14. The predicted octanol–water partition coefficient (Wildman–Crippen LogP) is 3.18. The third-order valence-corrected chi connectivity index (χ3v) is 4.03. The van der Waals surface area contributed by atoms with Gasteiger partial charge in [-0.2, -0.15) is 0 Å². The van der Waals surface area contributed by atoms with Crippen molar-refractivity contribution in [1.82, 2.24) is 15.5 Å². The minimum atomic E-state index is -0.334. The average Bonchev–Trinajstić information content (AvgIpc) is 2.66. The zero-order valence-electron chi connectivity index (χ0n) is 15.5. The van der Waals surface area contributed by atoms with Crippen molar-refractivity contribution in [3.05, 3.63) is 76.4 Å². The lowest BCUT2D eigenvalue weighted by Gasteiger charge is -2.13. The molecular formula is C21H24ClN3O2. The molecule has 27 heavy (non-hydrogen) atoms. The van der Waals surface area contributed by atoms with Gasteiger partial charge in [0.15, 0.2) is 0 Å². The van der Waals surface area contributed by atoms with Gasteiger partial charge in [0.25, 0.3) is 11.8 Å². The Bertz CT molecular complexity index is 787. The highest BCUT2D eigenvalue weighted by Crippen LogP contribution is 2.12. The number of hydrogen-bond acceptors (Lipinski definition) is 3. The largest absolute Gasteiger partial charge is 0.351 e. The van der Waals surface area contributed by atoms with E-state index in [1.54, 1.807) is 54.6 Å². The van der Waals surface area contributed by atoms with E-state index < -0.39 is 0 Å². The molecule has 0 radical (unpaired) electrons. The molecule has 0 spiro atoms. The van der Waals surface area contributed by atoms with Gasteiger partial charge in [0.1, 0.15) is 5.70 Å². The van der Waals surface area contributed by atoms with Gasteiger partial charge in [-0.3, -0.25) is 9.59 Å². The van der Waals surface area contributed by atoms with Crippen LogP contribution in [0.3, 0.4) is 0 Å². The van der Waals surface area contributed by atoms with Crippen molar-refractivity contribution in [3.8, 4) is 0 Å². The van der Waals surface area contributed by atoms with Crippen molar-refractivity contribution in [3.63, 3.8) is 0 Å². The quantitative estimate of drug-likeness (QED) is 0.542. The molecular weight excluding hydrogens is 362 g/mol. The summed E-state index contributed by atoms with van der Waals surface area (Å²) in [6.45, 7) is 1.39. The average molecular weight is 386 g/mol. The van der Waals surface area contributed by atoms with Gasteiger partial charge in [0.2, 0.25) is 0 Å². The second-order valence-corrected chi connectivity index (χ2v) is 6.78. The second-order valence-electron chi connectivity index (χ2n) is 6.34. The van der Waals surface area contributed by atoms with Crippen LogP contribution in [0.25, 0.3) is 6.08 Å². The van der Waals surface area contributed by atoms with Crippen LogP contribution in [0.2, 0.25) is 5.02 Å². The van der Waals surface area contributed by atoms with E-state index in [0.717, 1.165) is 18.5 Å². The molecule has 0 aliphatic carbocycles. The van der Waals surface area contributed by atoms with E-state index in [1.807, 2.05) is 25.1 Å². The third kappa shape index (κ3) is 7.25. The van der Waals surface area contributed by atoms with E-state index in [-0.39, 0.29) is 17.5 Å². The molecule has 2 N–H and O–H groups in total. The molecule has 0 bridgehead atoms. The Balaban J connectivity index is 2.13. The van der Waals surface area contributed by atoms with Crippen LogP contribution in [0.15, 0.2) is 60.3 Å². The molecule has 0 aliphatic rings. The number of benzene rings is 2. The Morgan fingerprint density at radius 3 is 2.33 bits per heavy atom. The van der Waals surface area contributed by atoms with Crippen LogP contribution < -0.4 is 10.6 Å². The first-order chi connectivity index (χ1) is 13.0. The number of nitrogens with zero attached hydrogens (tertiary/aromatic N) is 1.